The minimum Gasteiger partial charge on any atom is -0.470 e. The van der Waals surface area contributed by atoms with Gasteiger partial charge in [-0.05, 0) is 6.07 Å². The van der Waals surface area contributed by atoms with Crippen molar-refractivity contribution in [2.75, 3.05) is 13.1 Å². The molecule has 27 heavy (non-hydrogen) atoms. The van der Waals surface area contributed by atoms with Crippen LogP contribution in [0.5, 0.6) is 5.88 Å². The van der Waals surface area contributed by atoms with Crippen LogP contribution in [-0.4, -0.2) is 50.2 Å². The summed E-state index contributed by atoms with van der Waals surface area (Å²) in [6.45, 7) is 0.977. The number of likely N-dealkylation sites (tertiary alicyclic amines) is 1. The third-order valence-electron chi connectivity index (χ3n) is 4.36. The third kappa shape index (κ3) is 3.48. The molecule has 0 bridgehead atoms. The van der Waals surface area contributed by atoms with E-state index >= 15 is 0 Å². The summed E-state index contributed by atoms with van der Waals surface area (Å²) in [4.78, 5) is 22.4. The van der Waals surface area contributed by atoms with Gasteiger partial charge in [0, 0.05) is 30.9 Å². The van der Waals surface area contributed by atoms with E-state index in [1.165, 1.54) is 12.4 Å². The Morgan fingerprint density at radius 3 is 2.89 bits per heavy atom. The second-order valence-electron chi connectivity index (χ2n) is 6.13. The molecule has 0 spiro atoms. The van der Waals surface area contributed by atoms with Crippen LogP contribution in [0.2, 0.25) is 0 Å². The molecule has 4 rings (SSSR count). The molecular weight excluding hydrogens is 344 g/mol. The number of nitrogens with zero attached hydrogens (tertiary/aromatic N) is 5. The summed E-state index contributed by atoms with van der Waals surface area (Å²) in [5, 5.41) is 16.1. The summed E-state index contributed by atoms with van der Waals surface area (Å²) in [6, 6.07) is 13.4. The number of nitrogens with one attached hydrogen (secondary N) is 1. The highest BCUT2D eigenvalue weighted by atomic mass is 16.5. The number of ether oxygens (including phenoxy) is 1. The lowest BCUT2D eigenvalue weighted by Crippen LogP contribution is -2.31. The van der Waals surface area contributed by atoms with Gasteiger partial charge in [0.1, 0.15) is 17.9 Å². The molecule has 2 aromatic heterocycles. The number of amides is 1. The fraction of sp³-hybridized carbons (Fsp3) is 0.211. The topological polar surface area (TPSA) is 108 Å². The molecule has 1 fully saturated rings. The molecular formula is C19H16N6O2. The molecule has 8 heteroatoms. The van der Waals surface area contributed by atoms with Crippen molar-refractivity contribution in [1.29, 1.82) is 5.26 Å². The third-order valence-corrected chi connectivity index (χ3v) is 4.36. The van der Waals surface area contributed by atoms with Crippen molar-refractivity contribution in [2.45, 2.75) is 12.5 Å². The molecule has 1 unspecified atom stereocenters. The van der Waals surface area contributed by atoms with E-state index in [1.807, 2.05) is 36.4 Å². The first-order valence-corrected chi connectivity index (χ1v) is 8.52. The van der Waals surface area contributed by atoms with Gasteiger partial charge in [-0.3, -0.25) is 9.89 Å². The maximum absolute atomic E-state index is 12.7. The molecule has 1 N–H and O–H groups in total. The van der Waals surface area contributed by atoms with Gasteiger partial charge in [0.2, 0.25) is 5.69 Å². The van der Waals surface area contributed by atoms with Crippen LogP contribution in [-0.2, 0) is 0 Å². The summed E-state index contributed by atoms with van der Waals surface area (Å²) in [5.41, 5.74) is 2.25. The monoisotopic (exact) mass is 360 g/mol. The van der Waals surface area contributed by atoms with Crippen molar-refractivity contribution in [1.82, 2.24) is 25.1 Å². The number of rotatable bonds is 4. The van der Waals surface area contributed by atoms with E-state index in [9.17, 15) is 4.79 Å². The van der Waals surface area contributed by atoms with Gasteiger partial charge < -0.3 is 9.64 Å². The molecule has 3 aromatic rings. The predicted octanol–water partition coefficient (Wildman–Crippen LogP) is 2.03. The van der Waals surface area contributed by atoms with E-state index in [4.69, 9.17) is 10.00 Å². The Hall–Kier alpha value is -3.73. The average molecular weight is 360 g/mol. The molecule has 1 amide bonds. The summed E-state index contributed by atoms with van der Waals surface area (Å²) < 4.78 is 5.77. The van der Waals surface area contributed by atoms with Crippen molar-refractivity contribution < 1.29 is 9.53 Å². The van der Waals surface area contributed by atoms with Crippen LogP contribution in [0.15, 0.2) is 48.8 Å². The molecule has 1 atom stereocenters. The Kier molecular flexibility index (Phi) is 4.49. The number of aromatic nitrogens is 4. The zero-order valence-electron chi connectivity index (χ0n) is 14.4. The molecule has 0 saturated carbocycles. The quantitative estimate of drug-likeness (QED) is 0.763. The molecule has 3 heterocycles. The van der Waals surface area contributed by atoms with E-state index in [0.717, 1.165) is 11.3 Å². The van der Waals surface area contributed by atoms with Crippen molar-refractivity contribution in [2.24, 2.45) is 0 Å². The van der Waals surface area contributed by atoms with Crippen molar-refractivity contribution >= 4 is 5.91 Å². The lowest BCUT2D eigenvalue weighted by atomic mass is 10.1. The lowest BCUT2D eigenvalue weighted by molar-refractivity contribution is 0.0765. The molecule has 0 aliphatic carbocycles. The van der Waals surface area contributed by atoms with Gasteiger partial charge in [-0.15, -0.1) is 0 Å². The van der Waals surface area contributed by atoms with Crippen molar-refractivity contribution in [3.63, 3.8) is 0 Å². The fourth-order valence-corrected chi connectivity index (χ4v) is 3.01. The zero-order valence-corrected chi connectivity index (χ0v) is 14.4. The number of H-pyrrole nitrogens is 1. The van der Waals surface area contributed by atoms with Gasteiger partial charge in [0.05, 0.1) is 12.2 Å². The maximum Gasteiger partial charge on any atom is 0.272 e. The molecule has 0 radical (unpaired) electrons. The summed E-state index contributed by atoms with van der Waals surface area (Å²) in [6.07, 6.45) is 3.35. The van der Waals surface area contributed by atoms with E-state index in [2.05, 4.69) is 20.2 Å². The second kappa shape index (κ2) is 7.25. The minimum atomic E-state index is -0.228. The summed E-state index contributed by atoms with van der Waals surface area (Å²) in [7, 11) is 0. The number of hydrogen-bond donors (Lipinski definition) is 1. The first-order valence-electron chi connectivity index (χ1n) is 8.52. The Morgan fingerprint density at radius 1 is 1.26 bits per heavy atom. The average Bonchev–Trinajstić information content (AvgIpc) is 3.39. The highest BCUT2D eigenvalue weighted by molar-refractivity contribution is 5.93. The van der Waals surface area contributed by atoms with Gasteiger partial charge in [0.25, 0.3) is 11.8 Å². The number of benzene rings is 1. The number of carbonyl (C=O) groups is 1. The molecule has 1 aromatic carbocycles. The maximum atomic E-state index is 12.7. The van der Waals surface area contributed by atoms with Gasteiger partial charge in [-0.2, -0.15) is 10.4 Å². The molecule has 134 valence electrons. The van der Waals surface area contributed by atoms with E-state index < -0.39 is 0 Å². The van der Waals surface area contributed by atoms with Crippen molar-refractivity contribution in [3.05, 3.63) is 60.2 Å². The summed E-state index contributed by atoms with van der Waals surface area (Å²) in [5.74, 6) is 0.0719. The Labute approximate surface area is 155 Å². The number of hydrogen-bond acceptors (Lipinski definition) is 6. The highest BCUT2D eigenvalue weighted by Gasteiger charge is 2.30. The zero-order chi connectivity index (χ0) is 18.6. The van der Waals surface area contributed by atoms with Crippen molar-refractivity contribution in [3.8, 4) is 23.2 Å². The van der Waals surface area contributed by atoms with Crippen LogP contribution in [0.4, 0.5) is 0 Å². The van der Waals surface area contributed by atoms with Gasteiger partial charge in [0.15, 0.2) is 0 Å². The lowest BCUT2D eigenvalue weighted by Gasteiger charge is -2.16. The van der Waals surface area contributed by atoms with Crippen LogP contribution >= 0.6 is 0 Å². The fourth-order valence-electron chi connectivity index (χ4n) is 3.01. The van der Waals surface area contributed by atoms with E-state index in [1.54, 1.807) is 11.0 Å². The van der Waals surface area contributed by atoms with Crippen LogP contribution < -0.4 is 4.74 Å². The van der Waals surface area contributed by atoms with E-state index in [-0.39, 0.29) is 23.6 Å². The normalized spacial score (nSPS) is 16.1. The molecule has 8 nitrogen and oxygen atoms in total. The first kappa shape index (κ1) is 16.7. The molecule has 1 aliphatic rings. The number of carbonyl (C=O) groups excluding carboxylic acids is 1. The van der Waals surface area contributed by atoms with Crippen LogP contribution in [0.1, 0.15) is 22.6 Å². The molecule has 1 aliphatic heterocycles. The van der Waals surface area contributed by atoms with Crippen LogP contribution in [0.25, 0.3) is 11.3 Å². The van der Waals surface area contributed by atoms with Crippen LogP contribution in [0, 0.1) is 11.3 Å². The number of nitriles is 1. The first-order chi connectivity index (χ1) is 13.2. The van der Waals surface area contributed by atoms with Gasteiger partial charge >= 0.3 is 0 Å². The largest absolute Gasteiger partial charge is 0.470 e. The smallest absolute Gasteiger partial charge is 0.272 e. The standard InChI is InChI=1S/C19H16N6O2/c20-11-17-18(22-8-7-21-17)27-14-6-9-25(12-14)19(26)16-10-15(23-24-16)13-4-2-1-3-5-13/h1-5,7-8,10,14H,6,9,12H2,(H,23,24). The van der Waals surface area contributed by atoms with Gasteiger partial charge in [-0.25, -0.2) is 9.97 Å². The van der Waals surface area contributed by atoms with E-state index in [0.29, 0.717) is 25.2 Å². The Morgan fingerprint density at radius 2 is 2.07 bits per heavy atom. The van der Waals surface area contributed by atoms with Gasteiger partial charge in [-0.1, -0.05) is 30.3 Å². The minimum absolute atomic E-state index is 0.129. The Bertz CT molecular complexity index is 995. The SMILES string of the molecule is N#Cc1nccnc1OC1CCN(C(=O)c2cc(-c3ccccc3)n[nH]2)C1. The van der Waals surface area contributed by atoms with Crippen LogP contribution in [0.3, 0.4) is 0 Å². The summed E-state index contributed by atoms with van der Waals surface area (Å²) >= 11 is 0. The Balaban J connectivity index is 1.43. The predicted molar refractivity (Wildman–Crippen MR) is 95.7 cm³/mol. The highest BCUT2D eigenvalue weighted by Crippen LogP contribution is 2.21. The number of aromatic amines is 1. The molecule has 1 saturated heterocycles. The second-order valence-corrected chi connectivity index (χ2v) is 6.13.